The second-order valence-electron chi connectivity index (χ2n) is 17.7. The van der Waals surface area contributed by atoms with E-state index in [0.717, 1.165) is 70.6 Å². The molecule has 0 aromatic heterocycles. The predicted octanol–water partition coefficient (Wildman–Crippen LogP) is 7.09. The number of aliphatic hydroxyl groups is 7. The van der Waals surface area contributed by atoms with E-state index >= 15 is 0 Å². The largest absolute Gasteiger partial charge is 0.472 e. The Kier molecular flexibility index (Phi) is 37.6. The van der Waals surface area contributed by atoms with E-state index in [4.69, 9.17) is 18.5 Å². The number of carbonyl (C=O) groups excluding carboxylic acids is 2. The standard InChI is InChI=1S/C51H86O19P2/c1-3-5-7-8-9-10-11-12-13-14-15-16-17-18-19-20-21-26-30-36-45(56)68-41(39-67-72(64,65)70-51-48(59)46(57)47(58)50(49(51)60)69-71(61,62)63)38-66-44(55)37-31-35-43(54)42(53)34-29-25-23-22-24-28-33-40(52)32-27-6-4-2/h6,9-10,12-13,22-25,27-29,33-34,40-43,46-54,57-60H,3-5,7-8,11,14-21,26,30-32,35-39H2,1-2H3,(H,64,65)(H2,61,62,63)/b10-9-,13-12-,24-22+,25-23-,27-6-,33-28+,34-29-/t40-,41-,42+,43+,46?,47?,48?,49?,50-,51+/m1/s1. The zero-order valence-electron chi connectivity index (χ0n) is 42.2. The number of ether oxygens (including phenoxy) is 2. The van der Waals surface area contributed by atoms with Gasteiger partial charge in [-0.1, -0.05) is 157 Å². The van der Waals surface area contributed by atoms with E-state index in [1.807, 2.05) is 19.1 Å². The minimum Gasteiger partial charge on any atom is -0.462 e. The van der Waals surface area contributed by atoms with Crippen molar-refractivity contribution in [1.82, 2.24) is 0 Å². The van der Waals surface area contributed by atoms with Crippen molar-refractivity contribution in [3.63, 3.8) is 0 Å². The summed E-state index contributed by atoms with van der Waals surface area (Å²) < 4.78 is 49.2. The average molecular weight is 1070 g/mol. The molecule has 0 aliphatic heterocycles. The number of unbranched alkanes of at least 4 members (excludes halogenated alkanes) is 12. The molecule has 0 radical (unpaired) electrons. The molecule has 21 heteroatoms. The smallest absolute Gasteiger partial charge is 0.462 e. The molecule has 5 unspecified atom stereocenters. The van der Waals surface area contributed by atoms with Gasteiger partial charge >= 0.3 is 27.6 Å². The number of carbonyl (C=O) groups is 2. The van der Waals surface area contributed by atoms with E-state index in [1.54, 1.807) is 36.5 Å². The van der Waals surface area contributed by atoms with Crippen LogP contribution in [0.25, 0.3) is 0 Å². The molecular formula is C51H86O19P2. The van der Waals surface area contributed by atoms with Crippen molar-refractivity contribution in [2.75, 3.05) is 13.2 Å². The molecule has 10 N–H and O–H groups in total. The summed E-state index contributed by atoms with van der Waals surface area (Å²) in [6.45, 7) is 2.60. The van der Waals surface area contributed by atoms with Crippen molar-refractivity contribution < 1.29 is 92.2 Å². The normalized spacial score (nSPS) is 22.8. The summed E-state index contributed by atoms with van der Waals surface area (Å²) in [6, 6.07) is 0. The highest BCUT2D eigenvalue weighted by Crippen LogP contribution is 2.49. The molecular weight excluding hydrogens is 978 g/mol. The summed E-state index contributed by atoms with van der Waals surface area (Å²) in [5.74, 6) is -1.55. The molecule has 0 bridgehead atoms. The number of rotatable bonds is 41. The SMILES string of the molecule is CC/C=C\C[C@@H](O)/C=C/C=C/C=C\C=C/[C@H](O)[C@@H](O)CCCC(=O)OC[C@H](COP(=O)(O)O[C@H]1C(O)C(O)C(O)[C@@H](OP(=O)(O)O)C1O)OC(=O)CCCCCCCCCCC/C=C\C/C=C\CCCCC. The van der Waals surface area contributed by atoms with Crippen LogP contribution in [0.4, 0.5) is 0 Å². The monoisotopic (exact) mass is 1060 g/mol. The molecule has 19 nitrogen and oxygen atoms in total. The first-order valence-corrected chi connectivity index (χ1v) is 28.5. The lowest BCUT2D eigenvalue weighted by Gasteiger charge is -2.43. The van der Waals surface area contributed by atoms with Crippen LogP contribution >= 0.6 is 15.6 Å². The highest BCUT2D eigenvalue weighted by molar-refractivity contribution is 7.47. The number of phosphoric acid groups is 2. The quantitative estimate of drug-likeness (QED) is 0.00960. The first-order valence-electron chi connectivity index (χ1n) is 25.5. The zero-order chi connectivity index (χ0) is 53.6. The highest BCUT2D eigenvalue weighted by Gasteiger charge is 2.54. The van der Waals surface area contributed by atoms with Crippen LogP contribution < -0.4 is 0 Å². The molecule has 0 aromatic carbocycles. The molecule has 1 aliphatic rings. The third-order valence-electron chi connectivity index (χ3n) is 11.3. The number of phosphoric ester groups is 2. The number of esters is 2. The van der Waals surface area contributed by atoms with Crippen LogP contribution in [-0.2, 0) is 41.8 Å². The van der Waals surface area contributed by atoms with Gasteiger partial charge in [0.2, 0.25) is 0 Å². The zero-order valence-corrected chi connectivity index (χ0v) is 43.9. The van der Waals surface area contributed by atoms with E-state index in [-0.39, 0.29) is 25.7 Å². The maximum Gasteiger partial charge on any atom is 0.472 e. The van der Waals surface area contributed by atoms with E-state index < -0.39 is 102 Å². The molecule has 1 fully saturated rings. The molecule has 1 aliphatic carbocycles. The lowest BCUT2D eigenvalue weighted by Crippen LogP contribution is -2.64. The van der Waals surface area contributed by atoms with Crippen molar-refractivity contribution in [3.8, 4) is 0 Å². The maximum absolute atomic E-state index is 13.0. The van der Waals surface area contributed by atoms with Gasteiger partial charge in [-0.05, 0) is 64.2 Å². The molecule has 72 heavy (non-hydrogen) atoms. The van der Waals surface area contributed by atoms with Crippen molar-refractivity contribution in [1.29, 1.82) is 0 Å². The first-order chi connectivity index (χ1) is 34.3. The van der Waals surface area contributed by atoms with E-state index in [2.05, 4.69) is 35.8 Å². The molecule has 0 amide bonds. The van der Waals surface area contributed by atoms with Crippen molar-refractivity contribution >= 4 is 27.6 Å². The fourth-order valence-electron chi connectivity index (χ4n) is 7.22. The fraction of sp³-hybridized carbons (Fsp3) is 0.686. The van der Waals surface area contributed by atoms with E-state index in [0.29, 0.717) is 12.8 Å². The second-order valence-corrected chi connectivity index (χ2v) is 20.3. The van der Waals surface area contributed by atoms with Crippen LogP contribution in [0.3, 0.4) is 0 Å². The summed E-state index contributed by atoms with van der Waals surface area (Å²) in [7, 11) is -10.8. The molecule has 0 saturated heterocycles. The maximum atomic E-state index is 13.0. The Morgan fingerprint density at radius 2 is 1.11 bits per heavy atom. The highest BCUT2D eigenvalue weighted by atomic mass is 31.2. The Balaban J connectivity index is 2.69. The summed E-state index contributed by atoms with van der Waals surface area (Å²) >= 11 is 0. The summed E-state index contributed by atoms with van der Waals surface area (Å²) in [4.78, 5) is 54.5. The van der Waals surface area contributed by atoms with Gasteiger partial charge in [0, 0.05) is 12.8 Å². The van der Waals surface area contributed by atoms with Gasteiger partial charge in [0.25, 0.3) is 0 Å². The van der Waals surface area contributed by atoms with Gasteiger partial charge in [-0.25, -0.2) is 9.13 Å². The Morgan fingerprint density at radius 1 is 0.569 bits per heavy atom. The third-order valence-corrected chi connectivity index (χ3v) is 12.8. The first kappa shape index (κ1) is 67.1. The van der Waals surface area contributed by atoms with Gasteiger partial charge in [0.15, 0.2) is 6.10 Å². The van der Waals surface area contributed by atoms with Crippen LogP contribution in [0, 0.1) is 0 Å². The number of allylic oxidation sites excluding steroid dienone is 11. The van der Waals surface area contributed by atoms with Gasteiger partial charge in [-0.3, -0.25) is 23.2 Å². The van der Waals surface area contributed by atoms with E-state index in [9.17, 15) is 69.1 Å². The minimum absolute atomic E-state index is 0.00241. The Hall–Kier alpha value is -2.94. The summed E-state index contributed by atoms with van der Waals surface area (Å²) in [5.41, 5.74) is 0. The van der Waals surface area contributed by atoms with Crippen molar-refractivity contribution in [2.45, 2.75) is 210 Å². The van der Waals surface area contributed by atoms with Crippen LogP contribution in [0.2, 0.25) is 0 Å². The topological polar surface area (TPSA) is 317 Å². The van der Waals surface area contributed by atoms with Gasteiger partial charge in [-0.2, -0.15) is 0 Å². The molecule has 11 atom stereocenters. The van der Waals surface area contributed by atoms with Crippen molar-refractivity contribution in [2.24, 2.45) is 0 Å². The molecule has 0 spiro atoms. The fourth-order valence-corrected chi connectivity index (χ4v) is 8.76. The van der Waals surface area contributed by atoms with Gasteiger partial charge in [0.05, 0.1) is 24.9 Å². The number of aliphatic hydroxyl groups excluding tert-OH is 7. The van der Waals surface area contributed by atoms with Gasteiger partial charge < -0.3 is 59.9 Å². The summed E-state index contributed by atoms with van der Waals surface area (Å²) in [6.07, 6.45) is 24.5. The number of hydrogen-bond donors (Lipinski definition) is 10. The Bertz CT molecular complexity index is 1760. The average Bonchev–Trinajstić information content (AvgIpc) is 3.33. The van der Waals surface area contributed by atoms with Crippen LogP contribution in [0.1, 0.15) is 149 Å². The predicted molar refractivity (Wildman–Crippen MR) is 273 cm³/mol. The summed E-state index contributed by atoms with van der Waals surface area (Å²) in [5, 5.41) is 71.9. The minimum atomic E-state index is -5.41. The molecule has 414 valence electrons. The van der Waals surface area contributed by atoms with Crippen LogP contribution in [-0.4, -0.2) is 137 Å². The van der Waals surface area contributed by atoms with Crippen molar-refractivity contribution in [3.05, 3.63) is 85.1 Å². The lowest BCUT2D eigenvalue weighted by atomic mass is 9.85. The molecule has 0 aromatic rings. The Labute approximate surface area is 426 Å². The van der Waals surface area contributed by atoms with E-state index in [1.165, 1.54) is 37.8 Å². The van der Waals surface area contributed by atoms with Crippen LogP contribution in [0.15, 0.2) is 85.1 Å². The van der Waals surface area contributed by atoms with Gasteiger partial charge in [0.1, 0.15) is 43.2 Å². The molecule has 0 heterocycles. The Morgan fingerprint density at radius 3 is 1.71 bits per heavy atom. The number of hydrogen-bond acceptors (Lipinski definition) is 16. The lowest BCUT2D eigenvalue weighted by molar-refractivity contribution is -0.216. The molecule has 1 saturated carbocycles. The van der Waals surface area contributed by atoms with Crippen LogP contribution in [0.5, 0.6) is 0 Å². The third kappa shape index (κ3) is 33.8. The second kappa shape index (κ2) is 40.4. The van der Waals surface area contributed by atoms with Gasteiger partial charge in [-0.15, -0.1) is 0 Å². The molecule has 1 rings (SSSR count).